The van der Waals surface area contributed by atoms with Gasteiger partial charge in [0.1, 0.15) is 6.61 Å². The van der Waals surface area contributed by atoms with Crippen molar-refractivity contribution in [2.24, 2.45) is 5.92 Å². The first-order valence-corrected chi connectivity index (χ1v) is 19.1. The molecule has 48 heavy (non-hydrogen) atoms. The third-order valence-corrected chi connectivity index (χ3v) is 7.88. The van der Waals surface area contributed by atoms with E-state index in [2.05, 4.69) is 25.3 Å². The van der Waals surface area contributed by atoms with Crippen molar-refractivity contribution in [1.29, 1.82) is 0 Å². The SMILES string of the molecule is CCCCC[C@@H](O)/C=C/C=C\C=C\C=C\[C@@H](O)[C@H](O)CCCC(=O)OC[C@H](COP(=O)(O)O)OC(=O)CCCCCCCCCC(C)C. The number of esters is 2. The van der Waals surface area contributed by atoms with Gasteiger partial charge in [-0.15, -0.1) is 0 Å². The van der Waals surface area contributed by atoms with E-state index in [1.807, 2.05) is 0 Å². The number of carbonyl (C=O) groups excluding carboxylic acids is 2. The molecular weight excluding hydrogens is 639 g/mol. The molecule has 11 nitrogen and oxygen atoms in total. The summed E-state index contributed by atoms with van der Waals surface area (Å²) in [6.45, 7) is 5.48. The normalized spacial score (nSPS) is 15.2. The third kappa shape index (κ3) is 31.2. The number of aliphatic hydroxyl groups is 3. The molecule has 0 unspecified atom stereocenters. The van der Waals surface area contributed by atoms with Gasteiger partial charge in [-0.1, -0.05) is 134 Å². The van der Waals surface area contributed by atoms with Crippen LogP contribution in [-0.4, -0.2) is 74.7 Å². The van der Waals surface area contributed by atoms with Gasteiger partial charge in [0.25, 0.3) is 0 Å². The Bertz CT molecular complexity index is 986. The molecule has 0 amide bonds. The van der Waals surface area contributed by atoms with Crippen molar-refractivity contribution in [3.63, 3.8) is 0 Å². The van der Waals surface area contributed by atoms with Crippen LogP contribution < -0.4 is 0 Å². The minimum absolute atomic E-state index is 0.0868. The first-order valence-electron chi connectivity index (χ1n) is 17.6. The van der Waals surface area contributed by atoms with Crippen molar-refractivity contribution in [2.45, 2.75) is 148 Å². The molecule has 0 aliphatic heterocycles. The van der Waals surface area contributed by atoms with Crippen LogP contribution in [0.4, 0.5) is 0 Å². The highest BCUT2D eigenvalue weighted by Crippen LogP contribution is 2.36. The zero-order valence-corrected chi connectivity index (χ0v) is 30.3. The first kappa shape index (κ1) is 45.9. The van der Waals surface area contributed by atoms with Crippen LogP contribution in [0.15, 0.2) is 48.6 Å². The van der Waals surface area contributed by atoms with Gasteiger partial charge in [-0.05, 0) is 31.6 Å². The summed E-state index contributed by atoms with van der Waals surface area (Å²) in [5, 5.41) is 30.2. The second kappa shape index (κ2) is 29.8. The summed E-state index contributed by atoms with van der Waals surface area (Å²) >= 11 is 0. The topological polar surface area (TPSA) is 180 Å². The number of ether oxygens (including phenoxy) is 2. The van der Waals surface area contributed by atoms with Crippen LogP contribution in [0.5, 0.6) is 0 Å². The first-order chi connectivity index (χ1) is 22.8. The van der Waals surface area contributed by atoms with Gasteiger partial charge in [0.15, 0.2) is 6.10 Å². The van der Waals surface area contributed by atoms with E-state index in [9.17, 15) is 29.5 Å². The van der Waals surface area contributed by atoms with Gasteiger partial charge in [0.2, 0.25) is 0 Å². The Kier molecular flexibility index (Phi) is 28.5. The van der Waals surface area contributed by atoms with E-state index in [1.54, 1.807) is 42.5 Å². The van der Waals surface area contributed by atoms with E-state index in [4.69, 9.17) is 19.3 Å². The molecular formula is C36H63O11P. The second-order valence-electron chi connectivity index (χ2n) is 12.5. The van der Waals surface area contributed by atoms with Gasteiger partial charge in [0, 0.05) is 12.8 Å². The molecule has 0 aromatic heterocycles. The van der Waals surface area contributed by atoms with Crippen LogP contribution in [0.25, 0.3) is 0 Å². The molecule has 0 aromatic rings. The van der Waals surface area contributed by atoms with E-state index in [0.29, 0.717) is 6.42 Å². The molecule has 0 rings (SSSR count). The number of hydrogen-bond donors (Lipinski definition) is 5. The number of hydrogen-bond acceptors (Lipinski definition) is 9. The summed E-state index contributed by atoms with van der Waals surface area (Å²) in [6.07, 6.45) is 22.4. The molecule has 0 aromatic carbocycles. The van der Waals surface area contributed by atoms with Crippen molar-refractivity contribution < 1.29 is 53.3 Å². The van der Waals surface area contributed by atoms with Gasteiger partial charge in [-0.25, -0.2) is 4.57 Å². The zero-order valence-electron chi connectivity index (χ0n) is 29.4. The Labute approximate surface area is 288 Å². The predicted octanol–water partition coefficient (Wildman–Crippen LogP) is 6.78. The number of aliphatic hydroxyl groups excluding tert-OH is 3. The Morgan fingerprint density at radius 1 is 0.667 bits per heavy atom. The Hall–Kier alpha value is -2.11. The maximum atomic E-state index is 12.3. The molecule has 0 spiro atoms. The highest BCUT2D eigenvalue weighted by atomic mass is 31.2. The molecule has 12 heteroatoms. The minimum atomic E-state index is -4.83. The number of carbonyl (C=O) groups is 2. The fourth-order valence-corrected chi connectivity index (χ4v) is 4.95. The van der Waals surface area contributed by atoms with Crippen molar-refractivity contribution >= 4 is 19.8 Å². The predicted molar refractivity (Wildman–Crippen MR) is 188 cm³/mol. The highest BCUT2D eigenvalue weighted by Gasteiger charge is 2.23. The molecule has 5 N–H and O–H groups in total. The fourth-order valence-electron chi connectivity index (χ4n) is 4.59. The lowest BCUT2D eigenvalue weighted by Gasteiger charge is -2.18. The van der Waals surface area contributed by atoms with Crippen LogP contribution in [-0.2, 0) is 28.2 Å². The average Bonchev–Trinajstić information content (AvgIpc) is 3.02. The molecule has 0 aliphatic rings. The van der Waals surface area contributed by atoms with E-state index in [1.165, 1.54) is 31.8 Å². The molecule has 0 bridgehead atoms. The molecule has 0 saturated heterocycles. The van der Waals surface area contributed by atoms with Gasteiger partial charge in [-0.2, -0.15) is 0 Å². The van der Waals surface area contributed by atoms with Crippen LogP contribution in [0, 0.1) is 5.92 Å². The Morgan fingerprint density at radius 2 is 1.23 bits per heavy atom. The van der Waals surface area contributed by atoms with Crippen molar-refractivity contribution in [3.05, 3.63) is 48.6 Å². The molecule has 0 aliphatic carbocycles. The zero-order chi connectivity index (χ0) is 36.0. The Balaban J connectivity index is 4.39. The van der Waals surface area contributed by atoms with Gasteiger partial charge in [0.05, 0.1) is 24.9 Å². The number of phosphoric acid groups is 1. The summed E-state index contributed by atoms with van der Waals surface area (Å²) in [5.74, 6) is -0.501. The van der Waals surface area contributed by atoms with Crippen LogP contribution in [0.3, 0.4) is 0 Å². The number of allylic oxidation sites excluding steroid dienone is 6. The third-order valence-electron chi connectivity index (χ3n) is 7.39. The number of rotatable bonds is 30. The second-order valence-corrected chi connectivity index (χ2v) is 13.8. The maximum Gasteiger partial charge on any atom is 0.469 e. The van der Waals surface area contributed by atoms with Crippen LogP contribution >= 0.6 is 7.82 Å². The van der Waals surface area contributed by atoms with Crippen molar-refractivity contribution in [2.75, 3.05) is 13.2 Å². The average molecular weight is 703 g/mol. The monoisotopic (exact) mass is 702 g/mol. The lowest BCUT2D eigenvalue weighted by molar-refractivity contribution is -0.161. The highest BCUT2D eigenvalue weighted by molar-refractivity contribution is 7.46. The molecule has 0 radical (unpaired) electrons. The maximum absolute atomic E-state index is 12.3. The fraction of sp³-hybridized carbons (Fsp3) is 0.722. The summed E-state index contributed by atoms with van der Waals surface area (Å²) < 4.78 is 26.0. The van der Waals surface area contributed by atoms with E-state index in [-0.39, 0.29) is 25.7 Å². The summed E-state index contributed by atoms with van der Waals surface area (Å²) in [7, 11) is -4.83. The number of phosphoric ester groups is 1. The molecule has 278 valence electrons. The van der Waals surface area contributed by atoms with Crippen molar-refractivity contribution in [3.8, 4) is 0 Å². The summed E-state index contributed by atoms with van der Waals surface area (Å²) in [6, 6.07) is 0. The van der Waals surface area contributed by atoms with E-state index < -0.39 is 57.4 Å². The lowest BCUT2D eigenvalue weighted by Crippen LogP contribution is -2.29. The minimum Gasteiger partial charge on any atom is -0.462 e. The van der Waals surface area contributed by atoms with E-state index in [0.717, 1.165) is 50.9 Å². The summed E-state index contributed by atoms with van der Waals surface area (Å²) in [5.41, 5.74) is 0. The molecule has 0 fully saturated rings. The summed E-state index contributed by atoms with van der Waals surface area (Å²) in [4.78, 5) is 42.6. The standard InChI is InChI=1S/C36H63O11P/c1-4-5-15-22-31(37)23-17-12-9-10-13-18-24-33(38)34(39)25-20-27-35(40)45-28-32(29-46-48(42,43)44)47-36(41)26-19-14-8-6-7-11-16-21-30(2)3/h9-10,12-13,17-18,23-24,30-34,37-39H,4-8,11,14-16,19-22,25-29H2,1-3H3,(H2,42,43,44)/b12-9-,13-10+,23-17+,24-18+/t31-,32-,33-,34-/m1/s1. The van der Waals surface area contributed by atoms with Crippen LogP contribution in [0.2, 0.25) is 0 Å². The molecule has 0 heterocycles. The van der Waals surface area contributed by atoms with Gasteiger partial charge < -0.3 is 34.6 Å². The van der Waals surface area contributed by atoms with Crippen LogP contribution in [0.1, 0.15) is 124 Å². The van der Waals surface area contributed by atoms with Gasteiger partial charge >= 0.3 is 19.8 Å². The number of unbranched alkanes of at least 4 members (excludes halogenated alkanes) is 8. The molecule has 4 atom stereocenters. The Morgan fingerprint density at radius 3 is 1.85 bits per heavy atom. The van der Waals surface area contributed by atoms with Crippen molar-refractivity contribution in [1.82, 2.24) is 0 Å². The largest absolute Gasteiger partial charge is 0.469 e. The quantitative estimate of drug-likeness (QED) is 0.0231. The lowest BCUT2D eigenvalue weighted by atomic mass is 10.0. The van der Waals surface area contributed by atoms with Gasteiger partial charge in [-0.3, -0.25) is 14.1 Å². The molecule has 0 saturated carbocycles. The van der Waals surface area contributed by atoms with E-state index >= 15 is 0 Å². The smallest absolute Gasteiger partial charge is 0.462 e.